The zero-order valence-corrected chi connectivity index (χ0v) is 16.2. The quantitative estimate of drug-likeness (QED) is 0.751. The molecular formula is C19H22Cl2N2O3. The summed E-state index contributed by atoms with van der Waals surface area (Å²) in [5.41, 5.74) is 4.62. The molecule has 26 heavy (non-hydrogen) atoms. The fraction of sp³-hybridized carbons (Fsp3) is 0.316. The molecule has 1 aliphatic heterocycles. The maximum absolute atomic E-state index is 11.1. The number of aliphatic carboxylic acids is 1. The highest BCUT2D eigenvalue weighted by Gasteiger charge is 2.37. The summed E-state index contributed by atoms with van der Waals surface area (Å²) in [6, 6.07) is 15.4. The van der Waals surface area contributed by atoms with Crippen molar-refractivity contribution < 1.29 is 14.7 Å². The lowest BCUT2D eigenvalue weighted by Gasteiger charge is -2.43. The Hall–Kier alpha value is -1.63. The van der Waals surface area contributed by atoms with Crippen molar-refractivity contribution in [3.8, 4) is 0 Å². The molecule has 140 valence electrons. The second kappa shape index (κ2) is 9.90. The molecule has 1 aliphatic rings. The van der Waals surface area contributed by atoms with Crippen LogP contribution in [-0.2, 0) is 9.63 Å². The Morgan fingerprint density at radius 3 is 1.77 bits per heavy atom. The third-order valence-electron chi connectivity index (χ3n) is 4.20. The molecule has 2 aromatic rings. The van der Waals surface area contributed by atoms with Gasteiger partial charge in [0, 0.05) is 30.2 Å². The first-order valence-electron chi connectivity index (χ1n) is 8.13. The zero-order chi connectivity index (χ0) is 19.1. The average Bonchev–Trinajstić information content (AvgIpc) is 2.59. The van der Waals surface area contributed by atoms with E-state index in [-0.39, 0.29) is 12.0 Å². The molecule has 2 N–H and O–H groups in total. The van der Waals surface area contributed by atoms with E-state index in [1.807, 2.05) is 48.5 Å². The molecule has 3 rings (SSSR count). The molecule has 0 aromatic heterocycles. The lowest BCUT2D eigenvalue weighted by molar-refractivity contribution is -0.148. The van der Waals surface area contributed by atoms with Gasteiger partial charge in [0.15, 0.2) is 0 Å². The monoisotopic (exact) mass is 396 g/mol. The number of halogens is 2. The number of hydrogen-bond donors (Lipinski definition) is 2. The van der Waals surface area contributed by atoms with Crippen LogP contribution in [0.25, 0.3) is 0 Å². The highest BCUT2D eigenvalue weighted by Crippen LogP contribution is 2.35. The van der Waals surface area contributed by atoms with Crippen molar-refractivity contribution in [2.45, 2.75) is 6.04 Å². The number of hydrogen-bond acceptors (Lipinski definition) is 4. The van der Waals surface area contributed by atoms with Gasteiger partial charge in [-0.3, -0.25) is 9.69 Å². The summed E-state index contributed by atoms with van der Waals surface area (Å²) in [4.78, 5) is 17.5. The van der Waals surface area contributed by atoms with Crippen LogP contribution in [0.15, 0.2) is 48.5 Å². The van der Waals surface area contributed by atoms with Crippen molar-refractivity contribution in [2.24, 2.45) is 5.92 Å². The Labute approximate surface area is 163 Å². The van der Waals surface area contributed by atoms with Crippen LogP contribution in [0.1, 0.15) is 17.2 Å². The summed E-state index contributed by atoms with van der Waals surface area (Å²) in [7, 11) is 3.28. The Bertz CT molecular complexity index is 654. The Kier molecular flexibility index (Phi) is 7.87. The molecule has 0 aliphatic carbocycles. The summed E-state index contributed by atoms with van der Waals surface area (Å²) in [5.74, 6) is -1.02. The molecule has 1 heterocycles. The van der Waals surface area contributed by atoms with E-state index in [1.54, 1.807) is 14.2 Å². The van der Waals surface area contributed by atoms with Gasteiger partial charge in [-0.2, -0.15) is 0 Å². The number of rotatable bonds is 5. The molecule has 1 saturated heterocycles. The number of nitrogens with one attached hydrogen (secondary N) is 1. The zero-order valence-electron chi connectivity index (χ0n) is 14.7. The standard InChI is InChI=1S/C17H15Cl2NO2.C2H7NO/c18-14-5-1-11(2-6-14)16(12-3-7-15(19)8-4-12)20-9-13(10-20)17(21)22;1-3-4-2/h1-8,13,16H,9-10H2,(H,21,22);3H,1-2H3. The second-order valence-corrected chi connectivity index (χ2v) is 6.78. The van der Waals surface area contributed by atoms with Crippen molar-refractivity contribution >= 4 is 29.2 Å². The summed E-state index contributed by atoms with van der Waals surface area (Å²) in [6.07, 6.45) is 0. The van der Waals surface area contributed by atoms with Gasteiger partial charge in [0.2, 0.25) is 0 Å². The van der Waals surface area contributed by atoms with Crippen molar-refractivity contribution in [3.05, 3.63) is 69.7 Å². The van der Waals surface area contributed by atoms with Gasteiger partial charge in [-0.15, -0.1) is 0 Å². The van der Waals surface area contributed by atoms with Crippen LogP contribution in [-0.4, -0.2) is 43.2 Å². The predicted octanol–water partition coefficient (Wildman–Crippen LogP) is 3.87. The summed E-state index contributed by atoms with van der Waals surface area (Å²) < 4.78 is 0. The number of likely N-dealkylation sites (tertiary alicyclic amines) is 1. The van der Waals surface area contributed by atoms with Gasteiger partial charge in [0.25, 0.3) is 0 Å². The number of nitrogens with zero attached hydrogens (tertiary/aromatic N) is 1. The van der Waals surface area contributed by atoms with Gasteiger partial charge in [0.1, 0.15) is 0 Å². The largest absolute Gasteiger partial charge is 0.481 e. The van der Waals surface area contributed by atoms with E-state index in [1.165, 1.54) is 0 Å². The first kappa shape index (κ1) is 20.7. The third kappa shape index (κ3) is 5.43. The summed E-state index contributed by atoms with van der Waals surface area (Å²) in [6.45, 7) is 1.09. The van der Waals surface area contributed by atoms with Crippen molar-refractivity contribution in [1.29, 1.82) is 0 Å². The molecule has 0 bridgehead atoms. The topological polar surface area (TPSA) is 61.8 Å². The maximum Gasteiger partial charge on any atom is 0.309 e. The first-order chi connectivity index (χ1) is 12.5. The second-order valence-electron chi connectivity index (χ2n) is 5.90. The number of carbonyl (C=O) groups is 1. The molecule has 7 heteroatoms. The number of carboxylic acids is 1. The Morgan fingerprint density at radius 2 is 1.46 bits per heavy atom. The van der Waals surface area contributed by atoms with E-state index in [4.69, 9.17) is 28.3 Å². The maximum atomic E-state index is 11.1. The van der Waals surface area contributed by atoms with Crippen LogP contribution in [0.3, 0.4) is 0 Å². The molecule has 5 nitrogen and oxygen atoms in total. The van der Waals surface area contributed by atoms with Crippen LogP contribution in [0.2, 0.25) is 10.0 Å². The van der Waals surface area contributed by atoms with Gasteiger partial charge in [-0.25, -0.2) is 5.48 Å². The van der Waals surface area contributed by atoms with Gasteiger partial charge in [-0.1, -0.05) is 47.5 Å². The van der Waals surface area contributed by atoms with E-state index in [2.05, 4.69) is 15.2 Å². The van der Waals surface area contributed by atoms with E-state index < -0.39 is 5.97 Å². The number of hydroxylamine groups is 1. The molecule has 2 aromatic carbocycles. The number of benzene rings is 2. The highest BCUT2D eigenvalue weighted by atomic mass is 35.5. The molecule has 0 amide bonds. The molecule has 0 saturated carbocycles. The van der Waals surface area contributed by atoms with Crippen LogP contribution in [0, 0.1) is 5.92 Å². The minimum atomic E-state index is -0.734. The average molecular weight is 397 g/mol. The van der Waals surface area contributed by atoms with Gasteiger partial charge < -0.3 is 9.94 Å². The van der Waals surface area contributed by atoms with Crippen LogP contribution < -0.4 is 5.48 Å². The van der Waals surface area contributed by atoms with Gasteiger partial charge in [0.05, 0.1) is 19.1 Å². The minimum absolute atomic E-state index is 0.0186. The highest BCUT2D eigenvalue weighted by molar-refractivity contribution is 6.30. The van der Waals surface area contributed by atoms with Crippen molar-refractivity contribution in [2.75, 3.05) is 27.2 Å². The van der Waals surface area contributed by atoms with E-state index >= 15 is 0 Å². The van der Waals surface area contributed by atoms with E-state index in [9.17, 15) is 4.79 Å². The Balaban J connectivity index is 0.000000552. The first-order valence-corrected chi connectivity index (χ1v) is 8.89. The van der Waals surface area contributed by atoms with Crippen LogP contribution in [0.4, 0.5) is 0 Å². The lowest BCUT2D eigenvalue weighted by atomic mass is 9.90. The summed E-state index contributed by atoms with van der Waals surface area (Å²) in [5, 5.41) is 10.5. The van der Waals surface area contributed by atoms with Crippen molar-refractivity contribution in [1.82, 2.24) is 10.4 Å². The smallest absolute Gasteiger partial charge is 0.309 e. The molecule has 0 unspecified atom stereocenters. The van der Waals surface area contributed by atoms with Crippen LogP contribution >= 0.6 is 23.2 Å². The lowest BCUT2D eigenvalue weighted by Crippen LogP contribution is -2.51. The van der Waals surface area contributed by atoms with E-state index in [0.717, 1.165) is 11.1 Å². The molecule has 0 atom stereocenters. The number of carboxylic acid groups (broad SMARTS) is 1. The minimum Gasteiger partial charge on any atom is -0.481 e. The molecule has 0 spiro atoms. The predicted molar refractivity (Wildman–Crippen MR) is 104 cm³/mol. The molecule has 0 radical (unpaired) electrons. The normalized spacial score (nSPS) is 14.5. The van der Waals surface area contributed by atoms with Crippen LogP contribution in [0.5, 0.6) is 0 Å². The van der Waals surface area contributed by atoms with E-state index in [0.29, 0.717) is 23.1 Å². The third-order valence-corrected chi connectivity index (χ3v) is 4.70. The Morgan fingerprint density at radius 1 is 1.08 bits per heavy atom. The van der Waals surface area contributed by atoms with Gasteiger partial charge >= 0.3 is 5.97 Å². The molecular weight excluding hydrogens is 375 g/mol. The van der Waals surface area contributed by atoms with Crippen molar-refractivity contribution in [3.63, 3.8) is 0 Å². The van der Waals surface area contributed by atoms with Gasteiger partial charge in [-0.05, 0) is 35.4 Å². The fourth-order valence-corrected chi connectivity index (χ4v) is 3.04. The summed E-state index contributed by atoms with van der Waals surface area (Å²) >= 11 is 11.9. The molecule has 1 fully saturated rings. The SMILES string of the molecule is CNOC.O=C(O)C1CN(C(c2ccc(Cl)cc2)c2ccc(Cl)cc2)C1. The fourth-order valence-electron chi connectivity index (χ4n) is 2.78.